The van der Waals surface area contributed by atoms with Crippen LogP contribution in [0.25, 0.3) is 0 Å². The molecule has 0 aromatic rings. The van der Waals surface area contributed by atoms with Crippen molar-refractivity contribution in [3.63, 3.8) is 0 Å². The van der Waals surface area contributed by atoms with Crippen LogP contribution in [-0.2, 0) is 0 Å². The fourth-order valence-corrected chi connectivity index (χ4v) is 1.82. The topological polar surface area (TPSA) is 20.2 Å². The smallest absolute Gasteiger partial charge is 0.0464 e. The van der Waals surface area contributed by atoms with Crippen molar-refractivity contribution in [2.24, 2.45) is 5.92 Å². The SMILES string of the molecule is CSSCC(C)CO. The molecular weight excluding hydrogens is 140 g/mol. The molecule has 0 saturated carbocycles. The van der Waals surface area contributed by atoms with Crippen LogP contribution in [-0.4, -0.2) is 23.7 Å². The molecule has 0 aromatic heterocycles. The summed E-state index contributed by atoms with van der Waals surface area (Å²) < 4.78 is 0. The highest BCUT2D eigenvalue weighted by atomic mass is 33.1. The quantitative estimate of drug-likeness (QED) is 0.618. The average Bonchev–Trinajstić information content (AvgIpc) is 1.83. The molecule has 0 amide bonds. The second kappa shape index (κ2) is 5.79. The van der Waals surface area contributed by atoms with E-state index < -0.39 is 0 Å². The molecule has 0 fully saturated rings. The molecule has 8 heavy (non-hydrogen) atoms. The lowest BCUT2D eigenvalue weighted by atomic mass is 10.2. The van der Waals surface area contributed by atoms with E-state index in [0.29, 0.717) is 12.5 Å². The van der Waals surface area contributed by atoms with Crippen molar-refractivity contribution in [1.29, 1.82) is 0 Å². The summed E-state index contributed by atoms with van der Waals surface area (Å²) in [5, 5.41) is 8.54. The van der Waals surface area contributed by atoms with Crippen molar-refractivity contribution in [1.82, 2.24) is 0 Å². The van der Waals surface area contributed by atoms with Crippen molar-refractivity contribution >= 4 is 21.6 Å². The number of aliphatic hydroxyl groups excluding tert-OH is 1. The summed E-state index contributed by atoms with van der Waals surface area (Å²) in [6.45, 7) is 2.36. The highest BCUT2D eigenvalue weighted by Gasteiger charge is 1.96. The molecule has 0 aliphatic rings. The van der Waals surface area contributed by atoms with Gasteiger partial charge in [-0.2, -0.15) is 0 Å². The molecular formula is C5H12OS2. The first-order chi connectivity index (χ1) is 3.81. The Balaban J connectivity index is 2.86. The number of hydrogen-bond donors (Lipinski definition) is 1. The first-order valence-corrected chi connectivity index (χ1v) is 5.30. The average molecular weight is 152 g/mol. The first kappa shape index (κ1) is 8.66. The van der Waals surface area contributed by atoms with E-state index in [9.17, 15) is 0 Å². The third kappa shape index (κ3) is 4.81. The highest BCUT2D eigenvalue weighted by molar-refractivity contribution is 8.76. The molecule has 0 spiro atoms. The zero-order chi connectivity index (χ0) is 6.41. The van der Waals surface area contributed by atoms with E-state index in [-0.39, 0.29) is 0 Å². The van der Waals surface area contributed by atoms with Gasteiger partial charge < -0.3 is 5.11 Å². The summed E-state index contributed by atoms with van der Waals surface area (Å²) in [4.78, 5) is 0. The zero-order valence-electron chi connectivity index (χ0n) is 5.26. The Morgan fingerprint density at radius 3 is 2.62 bits per heavy atom. The van der Waals surface area contributed by atoms with Gasteiger partial charge in [0, 0.05) is 12.4 Å². The van der Waals surface area contributed by atoms with Crippen LogP contribution in [0.4, 0.5) is 0 Å². The molecule has 50 valence electrons. The summed E-state index contributed by atoms with van der Waals surface area (Å²) in [5.41, 5.74) is 0. The lowest BCUT2D eigenvalue weighted by molar-refractivity contribution is 0.251. The van der Waals surface area contributed by atoms with Gasteiger partial charge in [-0.15, -0.1) is 0 Å². The van der Waals surface area contributed by atoms with E-state index >= 15 is 0 Å². The second-order valence-corrected chi connectivity index (χ2v) is 4.35. The van der Waals surface area contributed by atoms with E-state index in [2.05, 4.69) is 6.26 Å². The number of rotatable bonds is 4. The van der Waals surface area contributed by atoms with Crippen LogP contribution >= 0.6 is 21.6 Å². The number of hydrogen-bond acceptors (Lipinski definition) is 3. The zero-order valence-corrected chi connectivity index (χ0v) is 6.89. The molecule has 0 heterocycles. The van der Waals surface area contributed by atoms with Crippen molar-refractivity contribution in [2.45, 2.75) is 6.92 Å². The largest absolute Gasteiger partial charge is 0.396 e. The summed E-state index contributed by atoms with van der Waals surface area (Å²) >= 11 is 0. The van der Waals surface area contributed by atoms with E-state index in [1.54, 1.807) is 21.6 Å². The Labute approximate surface area is 58.6 Å². The minimum absolute atomic E-state index is 0.313. The lowest BCUT2D eigenvalue weighted by Crippen LogP contribution is -2.01. The van der Waals surface area contributed by atoms with Gasteiger partial charge in [0.25, 0.3) is 0 Å². The molecule has 1 N–H and O–H groups in total. The fourth-order valence-electron chi connectivity index (χ4n) is 0.237. The number of aliphatic hydroxyl groups is 1. The molecule has 1 atom stereocenters. The standard InChI is InChI=1S/C5H12OS2/c1-5(3-6)4-8-7-2/h5-6H,3-4H2,1-2H3. The van der Waals surface area contributed by atoms with Crippen LogP contribution in [0.5, 0.6) is 0 Å². The normalized spacial score (nSPS) is 13.9. The fraction of sp³-hybridized carbons (Fsp3) is 1.00. The molecule has 0 saturated heterocycles. The Bertz CT molecular complexity index is 49.7. The van der Waals surface area contributed by atoms with Gasteiger partial charge in [-0.3, -0.25) is 0 Å². The predicted octanol–water partition coefficient (Wildman–Crippen LogP) is 1.63. The summed E-state index contributed by atoms with van der Waals surface area (Å²) in [5.74, 6) is 1.50. The molecule has 0 aromatic carbocycles. The summed E-state index contributed by atoms with van der Waals surface area (Å²) in [6, 6.07) is 0. The minimum atomic E-state index is 0.313. The lowest BCUT2D eigenvalue weighted by Gasteiger charge is -2.02. The maximum Gasteiger partial charge on any atom is 0.0464 e. The summed E-state index contributed by atoms with van der Waals surface area (Å²) in [6.07, 6.45) is 2.05. The van der Waals surface area contributed by atoms with Gasteiger partial charge >= 0.3 is 0 Å². The molecule has 1 unspecified atom stereocenters. The van der Waals surface area contributed by atoms with E-state index in [4.69, 9.17) is 5.11 Å². The highest BCUT2D eigenvalue weighted by Crippen LogP contribution is 2.19. The third-order valence-electron chi connectivity index (χ3n) is 0.782. The molecule has 0 aliphatic carbocycles. The third-order valence-corrected chi connectivity index (χ3v) is 2.84. The van der Waals surface area contributed by atoms with Gasteiger partial charge in [0.15, 0.2) is 0 Å². The Morgan fingerprint density at radius 2 is 2.25 bits per heavy atom. The van der Waals surface area contributed by atoms with Gasteiger partial charge in [0.1, 0.15) is 0 Å². The van der Waals surface area contributed by atoms with Crippen LogP contribution in [0.15, 0.2) is 0 Å². The van der Waals surface area contributed by atoms with Crippen molar-refractivity contribution in [2.75, 3.05) is 18.6 Å². The van der Waals surface area contributed by atoms with Gasteiger partial charge in [-0.05, 0) is 12.2 Å². The molecule has 0 aliphatic heterocycles. The Kier molecular flexibility index (Phi) is 6.27. The van der Waals surface area contributed by atoms with Crippen LogP contribution in [0.1, 0.15) is 6.92 Å². The van der Waals surface area contributed by atoms with E-state index in [1.807, 2.05) is 6.92 Å². The maximum atomic E-state index is 8.54. The second-order valence-electron chi connectivity index (χ2n) is 1.74. The van der Waals surface area contributed by atoms with Crippen molar-refractivity contribution in [3.05, 3.63) is 0 Å². The minimum Gasteiger partial charge on any atom is -0.396 e. The Hall–Kier alpha value is 0.660. The predicted molar refractivity (Wildman–Crippen MR) is 42.2 cm³/mol. The van der Waals surface area contributed by atoms with Gasteiger partial charge in [0.2, 0.25) is 0 Å². The van der Waals surface area contributed by atoms with Crippen molar-refractivity contribution < 1.29 is 5.11 Å². The Morgan fingerprint density at radius 1 is 1.62 bits per heavy atom. The van der Waals surface area contributed by atoms with Gasteiger partial charge in [-0.1, -0.05) is 28.5 Å². The molecule has 1 nitrogen and oxygen atoms in total. The van der Waals surface area contributed by atoms with E-state index in [0.717, 1.165) is 5.75 Å². The van der Waals surface area contributed by atoms with E-state index in [1.165, 1.54) is 0 Å². The first-order valence-electron chi connectivity index (χ1n) is 2.57. The van der Waals surface area contributed by atoms with Crippen LogP contribution in [0, 0.1) is 5.92 Å². The van der Waals surface area contributed by atoms with Crippen molar-refractivity contribution in [3.8, 4) is 0 Å². The van der Waals surface area contributed by atoms with Crippen LogP contribution in [0.3, 0.4) is 0 Å². The molecule has 3 heteroatoms. The molecule has 0 radical (unpaired) electrons. The van der Waals surface area contributed by atoms with Crippen LogP contribution < -0.4 is 0 Å². The van der Waals surface area contributed by atoms with Crippen LogP contribution in [0.2, 0.25) is 0 Å². The summed E-state index contributed by atoms with van der Waals surface area (Å²) in [7, 11) is 3.55. The van der Waals surface area contributed by atoms with Gasteiger partial charge in [-0.25, -0.2) is 0 Å². The molecule has 0 rings (SSSR count). The molecule has 0 bridgehead atoms. The monoisotopic (exact) mass is 152 g/mol. The van der Waals surface area contributed by atoms with Gasteiger partial charge in [0.05, 0.1) is 0 Å². The maximum absolute atomic E-state index is 8.54.